The topological polar surface area (TPSA) is 76.1 Å². The molecule has 21 heavy (non-hydrogen) atoms. The number of anilines is 1. The van der Waals surface area contributed by atoms with Crippen molar-refractivity contribution in [2.24, 2.45) is 0 Å². The highest BCUT2D eigenvalue weighted by molar-refractivity contribution is 5.92. The summed E-state index contributed by atoms with van der Waals surface area (Å²) in [6.07, 6.45) is 6.68. The number of rotatable bonds is 5. The van der Waals surface area contributed by atoms with Crippen molar-refractivity contribution in [1.29, 1.82) is 0 Å². The van der Waals surface area contributed by atoms with Crippen LogP contribution in [0.2, 0.25) is 0 Å². The smallest absolute Gasteiger partial charge is 0.271 e. The van der Waals surface area contributed by atoms with Gasteiger partial charge < -0.3 is 15.4 Å². The summed E-state index contributed by atoms with van der Waals surface area (Å²) >= 11 is 0. The standard InChI is InChI=1S/C15H24N4O2/c1-4-15(5-2)8-11(6-7-21-15)19-14(20)12-9-18-13(16-3)10-17-12/h9-11H,4-8H2,1-3H3,(H,16,18)(H,19,20). The number of ether oxygens (including phenoxy) is 1. The largest absolute Gasteiger partial charge is 0.375 e. The van der Waals surface area contributed by atoms with E-state index < -0.39 is 0 Å². The Morgan fingerprint density at radius 3 is 2.71 bits per heavy atom. The molecule has 0 radical (unpaired) electrons. The molecule has 0 spiro atoms. The van der Waals surface area contributed by atoms with Crippen molar-refractivity contribution in [3.8, 4) is 0 Å². The third-order valence-corrected chi connectivity index (χ3v) is 4.26. The van der Waals surface area contributed by atoms with E-state index in [2.05, 4.69) is 34.4 Å². The molecule has 0 aromatic carbocycles. The molecule has 2 N–H and O–H groups in total. The Hall–Kier alpha value is -1.69. The number of carbonyl (C=O) groups is 1. The molecule has 1 saturated heterocycles. The average molecular weight is 292 g/mol. The van der Waals surface area contributed by atoms with Gasteiger partial charge in [-0.3, -0.25) is 4.79 Å². The SMILES string of the molecule is CCC1(CC)CC(NC(=O)c2cnc(NC)cn2)CCO1. The molecule has 1 aliphatic rings. The summed E-state index contributed by atoms with van der Waals surface area (Å²) in [4.78, 5) is 20.5. The molecule has 0 aliphatic carbocycles. The van der Waals surface area contributed by atoms with E-state index in [1.54, 1.807) is 13.2 Å². The van der Waals surface area contributed by atoms with Crippen molar-refractivity contribution in [3.63, 3.8) is 0 Å². The lowest BCUT2D eigenvalue weighted by atomic mass is 9.86. The lowest BCUT2D eigenvalue weighted by Gasteiger charge is -2.40. The summed E-state index contributed by atoms with van der Waals surface area (Å²) < 4.78 is 5.92. The van der Waals surface area contributed by atoms with Crippen LogP contribution in [-0.4, -0.2) is 41.2 Å². The fourth-order valence-corrected chi connectivity index (χ4v) is 2.73. The molecular formula is C15H24N4O2. The molecule has 1 amide bonds. The monoisotopic (exact) mass is 292 g/mol. The molecule has 2 heterocycles. The van der Waals surface area contributed by atoms with Gasteiger partial charge in [-0.25, -0.2) is 9.97 Å². The third kappa shape index (κ3) is 3.69. The molecule has 116 valence electrons. The maximum Gasteiger partial charge on any atom is 0.271 e. The van der Waals surface area contributed by atoms with Crippen molar-refractivity contribution >= 4 is 11.7 Å². The first-order valence-corrected chi connectivity index (χ1v) is 7.57. The number of aromatic nitrogens is 2. The Labute approximate surface area is 125 Å². The fourth-order valence-electron chi connectivity index (χ4n) is 2.73. The Morgan fingerprint density at radius 1 is 1.38 bits per heavy atom. The van der Waals surface area contributed by atoms with E-state index in [1.165, 1.54) is 6.20 Å². The lowest BCUT2D eigenvalue weighted by molar-refractivity contribution is -0.0918. The highest BCUT2D eigenvalue weighted by atomic mass is 16.5. The maximum atomic E-state index is 12.2. The van der Waals surface area contributed by atoms with Crippen molar-refractivity contribution in [2.75, 3.05) is 19.0 Å². The summed E-state index contributed by atoms with van der Waals surface area (Å²) in [7, 11) is 1.76. The van der Waals surface area contributed by atoms with Gasteiger partial charge in [-0.05, 0) is 25.7 Å². The van der Waals surface area contributed by atoms with E-state index in [-0.39, 0.29) is 17.6 Å². The number of hydrogen-bond donors (Lipinski definition) is 2. The fraction of sp³-hybridized carbons (Fsp3) is 0.667. The maximum absolute atomic E-state index is 12.2. The minimum Gasteiger partial charge on any atom is -0.375 e. The van der Waals surface area contributed by atoms with E-state index in [0.29, 0.717) is 18.1 Å². The van der Waals surface area contributed by atoms with Gasteiger partial charge in [0.2, 0.25) is 0 Å². The summed E-state index contributed by atoms with van der Waals surface area (Å²) in [5.41, 5.74) is 0.247. The zero-order valence-electron chi connectivity index (χ0n) is 13.0. The molecule has 1 fully saturated rings. The Balaban J connectivity index is 1.98. The molecule has 1 atom stereocenters. The van der Waals surface area contributed by atoms with Crippen molar-refractivity contribution in [3.05, 3.63) is 18.1 Å². The van der Waals surface area contributed by atoms with Crippen molar-refractivity contribution < 1.29 is 9.53 Å². The van der Waals surface area contributed by atoms with Gasteiger partial charge in [0.25, 0.3) is 5.91 Å². The molecule has 1 aliphatic heterocycles. The van der Waals surface area contributed by atoms with Gasteiger partial charge >= 0.3 is 0 Å². The van der Waals surface area contributed by atoms with Crippen LogP contribution in [0.1, 0.15) is 50.0 Å². The molecule has 0 saturated carbocycles. The number of nitrogens with zero attached hydrogens (tertiary/aromatic N) is 2. The molecule has 1 aromatic rings. The van der Waals surface area contributed by atoms with Gasteiger partial charge in [0, 0.05) is 19.7 Å². The van der Waals surface area contributed by atoms with Crippen LogP contribution >= 0.6 is 0 Å². The number of hydrogen-bond acceptors (Lipinski definition) is 5. The molecule has 1 unspecified atom stereocenters. The van der Waals surface area contributed by atoms with Crippen LogP contribution in [0.3, 0.4) is 0 Å². The Morgan fingerprint density at radius 2 is 2.14 bits per heavy atom. The van der Waals surface area contributed by atoms with Crippen LogP contribution in [0.5, 0.6) is 0 Å². The van der Waals surface area contributed by atoms with Crippen LogP contribution in [0.15, 0.2) is 12.4 Å². The normalized spacial score (nSPS) is 20.8. The number of amides is 1. The van der Waals surface area contributed by atoms with E-state index >= 15 is 0 Å². The van der Waals surface area contributed by atoms with E-state index in [1.807, 2.05) is 0 Å². The Bertz CT molecular complexity index is 471. The van der Waals surface area contributed by atoms with Gasteiger partial charge in [-0.2, -0.15) is 0 Å². The lowest BCUT2D eigenvalue weighted by Crippen LogP contribution is -2.48. The predicted octanol–water partition coefficient (Wildman–Crippen LogP) is 1.99. The van der Waals surface area contributed by atoms with E-state index in [0.717, 1.165) is 25.7 Å². The van der Waals surface area contributed by atoms with Gasteiger partial charge in [-0.15, -0.1) is 0 Å². The summed E-state index contributed by atoms with van der Waals surface area (Å²) in [6, 6.07) is 0.136. The molecule has 1 aromatic heterocycles. The second-order valence-corrected chi connectivity index (χ2v) is 5.44. The van der Waals surface area contributed by atoms with Gasteiger partial charge in [-0.1, -0.05) is 13.8 Å². The first-order valence-electron chi connectivity index (χ1n) is 7.57. The third-order valence-electron chi connectivity index (χ3n) is 4.26. The molecule has 6 nitrogen and oxygen atoms in total. The van der Waals surface area contributed by atoms with Crippen LogP contribution in [0.4, 0.5) is 5.82 Å². The highest BCUT2D eigenvalue weighted by Gasteiger charge is 2.35. The molecule has 6 heteroatoms. The summed E-state index contributed by atoms with van der Waals surface area (Å²) in [5, 5.41) is 5.93. The van der Waals surface area contributed by atoms with Gasteiger partial charge in [0.05, 0.1) is 18.0 Å². The Kier molecular flexibility index (Phi) is 5.12. The first-order chi connectivity index (χ1) is 10.1. The zero-order valence-corrected chi connectivity index (χ0v) is 13.0. The number of nitrogens with one attached hydrogen (secondary N) is 2. The zero-order chi connectivity index (χ0) is 15.3. The average Bonchev–Trinajstić information content (AvgIpc) is 2.55. The number of carbonyl (C=O) groups excluding carboxylic acids is 1. The second kappa shape index (κ2) is 6.85. The minimum atomic E-state index is -0.168. The molecule has 0 bridgehead atoms. The first kappa shape index (κ1) is 15.7. The van der Waals surface area contributed by atoms with Crippen LogP contribution in [0, 0.1) is 0 Å². The summed E-state index contributed by atoms with van der Waals surface area (Å²) in [6.45, 7) is 4.96. The van der Waals surface area contributed by atoms with Crippen LogP contribution in [0.25, 0.3) is 0 Å². The summed E-state index contributed by atoms with van der Waals surface area (Å²) in [5.74, 6) is 0.478. The van der Waals surface area contributed by atoms with Gasteiger partial charge in [0.1, 0.15) is 11.5 Å². The molecule has 2 rings (SSSR count). The second-order valence-electron chi connectivity index (χ2n) is 5.44. The van der Waals surface area contributed by atoms with Crippen molar-refractivity contribution in [2.45, 2.75) is 51.2 Å². The predicted molar refractivity (Wildman–Crippen MR) is 81.3 cm³/mol. The van der Waals surface area contributed by atoms with Crippen LogP contribution in [-0.2, 0) is 4.74 Å². The highest BCUT2D eigenvalue weighted by Crippen LogP contribution is 2.31. The van der Waals surface area contributed by atoms with Crippen molar-refractivity contribution in [1.82, 2.24) is 15.3 Å². The quantitative estimate of drug-likeness (QED) is 0.868. The molecular weight excluding hydrogens is 268 g/mol. The minimum absolute atomic E-state index is 0.0993. The van der Waals surface area contributed by atoms with Crippen LogP contribution < -0.4 is 10.6 Å². The van der Waals surface area contributed by atoms with Gasteiger partial charge in [0.15, 0.2) is 0 Å². The van der Waals surface area contributed by atoms with E-state index in [4.69, 9.17) is 4.74 Å². The van der Waals surface area contributed by atoms with E-state index in [9.17, 15) is 4.79 Å².